The SMILES string of the molecule is O=C(NC1CCCCC1)NC1CCC(CC2CCC(NC3CCCCC3)CC2)CC1. The van der Waals surface area contributed by atoms with Gasteiger partial charge in [-0.3, -0.25) is 0 Å². The maximum Gasteiger partial charge on any atom is 0.315 e. The van der Waals surface area contributed by atoms with E-state index in [4.69, 9.17) is 0 Å². The lowest BCUT2D eigenvalue weighted by molar-refractivity contribution is 0.192. The van der Waals surface area contributed by atoms with Crippen LogP contribution in [0.1, 0.15) is 122 Å². The molecule has 4 saturated carbocycles. The average molecular weight is 418 g/mol. The van der Waals surface area contributed by atoms with Crippen molar-refractivity contribution in [3.8, 4) is 0 Å². The van der Waals surface area contributed by atoms with Crippen molar-refractivity contribution in [2.45, 2.75) is 146 Å². The van der Waals surface area contributed by atoms with Gasteiger partial charge in [0.2, 0.25) is 0 Å². The van der Waals surface area contributed by atoms with Crippen molar-refractivity contribution < 1.29 is 4.79 Å². The van der Waals surface area contributed by atoms with E-state index in [2.05, 4.69) is 16.0 Å². The number of carbonyl (C=O) groups is 1. The Morgan fingerprint density at radius 3 is 1.43 bits per heavy atom. The Morgan fingerprint density at radius 1 is 0.500 bits per heavy atom. The van der Waals surface area contributed by atoms with Crippen molar-refractivity contribution in [2.75, 3.05) is 0 Å². The molecular weight excluding hydrogens is 370 g/mol. The predicted octanol–water partition coefficient (Wildman–Crippen LogP) is 6.05. The van der Waals surface area contributed by atoms with Gasteiger partial charge in [-0.1, -0.05) is 38.5 Å². The standard InChI is InChI=1S/C26H47N3O/c30-26(28-23-9-5-2-6-10-23)29-25-17-13-21(14-18-25)19-20-11-15-24(16-12-20)27-22-7-3-1-4-8-22/h20-25,27H,1-19H2,(H2,28,29,30). The lowest BCUT2D eigenvalue weighted by Crippen LogP contribution is -2.47. The molecule has 0 bridgehead atoms. The van der Waals surface area contributed by atoms with Gasteiger partial charge in [0.1, 0.15) is 0 Å². The largest absolute Gasteiger partial charge is 0.335 e. The lowest BCUT2D eigenvalue weighted by atomic mass is 9.75. The fraction of sp³-hybridized carbons (Fsp3) is 0.962. The maximum atomic E-state index is 12.3. The molecule has 4 aliphatic carbocycles. The van der Waals surface area contributed by atoms with Gasteiger partial charge in [-0.25, -0.2) is 4.79 Å². The summed E-state index contributed by atoms with van der Waals surface area (Å²) in [6.45, 7) is 0. The van der Waals surface area contributed by atoms with E-state index in [9.17, 15) is 4.79 Å². The second-order valence-corrected chi connectivity index (χ2v) is 11.1. The minimum absolute atomic E-state index is 0.0918. The monoisotopic (exact) mass is 417 g/mol. The number of rotatable bonds is 6. The number of carbonyl (C=O) groups excluding carboxylic acids is 1. The summed E-state index contributed by atoms with van der Waals surface area (Å²) in [6, 6.07) is 2.53. The molecule has 0 heterocycles. The van der Waals surface area contributed by atoms with E-state index in [0.29, 0.717) is 12.1 Å². The van der Waals surface area contributed by atoms with Gasteiger partial charge in [0.05, 0.1) is 0 Å². The average Bonchev–Trinajstić information content (AvgIpc) is 2.78. The smallest absolute Gasteiger partial charge is 0.315 e. The summed E-state index contributed by atoms with van der Waals surface area (Å²) in [6.07, 6.45) is 25.5. The Morgan fingerprint density at radius 2 is 0.900 bits per heavy atom. The summed E-state index contributed by atoms with van der Waals surface area (Å²) < 4.78 is 0. The van der Waals surface area contributed by atoms with Gasteiger partial charge >= 0.3 is 6.03 Å². The fourth-order valence-electron chi connectivity index (χ4n) is 6.84. The summed E-state index contributed by atoms with van der Waals surface area (Å²) in [5.74, 6) is 1.86. The number of hydrogen-bond donors (Lipinski definition) is 3. The Kier molecular flexibility index (Phi) is 8.77. The van der Waals surface area contributed by atoms with E-state index >= 15 is 0 Å². The molecule has 4 heteroatoms. The molecule has 0 saturated heterocycles. The second-order valence-electron chi connectivity index (χ2n) is 11.1. The highest BCUT2D eigenvalue weighted by atomic mass is 16.2. The quantitative estimate of drug-likeness (QED) is 0.493. The molecule has 4 rings (SSSR count). The van der Waals surface area contributed by atoms with Crippen LogP contribution >= 0.6 is 0 Å². The molecular formula is C26H47N3O. The molecule has 4 fully saturated rings. The van der Waals surface area contributed by atoms with Crippen LogP contribution in [0.4, 0.5) is 4.79 Å². The third kappa shape index (κ3) is 7.14. The molecule has 0 aromatic carbocycles. The molecule has 0 aromatic heterocycles. The van der Waals surface area contributed by atoms with Gasteiger partial charge < -0.3 is 16.0 Å². The van der Waals surface area contributed by atoms with Crippen molar-refractivity contribution in [2.24, 2.45) is 11.8 Å². The number of urea groups is 1. The normalized spacial score (nSPS) is 34.4. The fourth-order valence-corrected chi connectivity index (χ4v) is 6.84. The number of hydrogen-bond acceptors (Lipinski definition) is 2. The minimum atomic E-state index is 0.0918. The van der Waals surface area contributed by atoms with Crippen LogP contribution in [0.25, 0.3) is 0 Å². The third-order valence-corrected chi connectivity index (χ3v) is 8.71. The van der Waals surface area contributed by atoms with Gasteiger partial charge in [0, 0.05) is 24.2 Å². The van der Waals surface area contributed by atoms with E-state index < -0.39 is 0 Å². The molecule has 0 aliphatic heterocycles. The number of nitrogens with one attached hydrogen (secondary N) is 3. The van der Waals surface area contributed by atoms with Crippen molar-refractivity contribution in [1.82, 2.24) is 16.0 Å². The van der Waals surface area contributed by atoms with Crippen molar-refractivity contribution in [3.05, 3.63) is 0 Å². The van der Waals surface area contributed by atoms with Crippen molar-refractivity contribution >= 4 is 6.03 Å². The summed E-state index contributed by atoms with van der Waals surface area (Å²) >= 11 is 0. The molecule has 4 aliphatic rings. The van der Waals surface area contributed by atoms with Crippen molar-refractivity contribution in [3.63, 3.8) is 0 Å². The Labute approximate surface area is 185 Å². The van der Waals surface area contributed by atoms with Crippen molar-refractivity contribution in [1.29, 1.82) is 0 Å². The van der Waals surface area contributed by atoms with Gasteiger partial charge in [-0.2, -0.15) is 0 Å². The third-order valence-electron chi connectivity index (χ3n) is 8.71. The van der Waals surface area contributed by atoms with Crippen LogP contribution in [0.15, 0.2) is 0 Å². The number of amides is 2. The van der Waals surface area contributed by atoms with Gasteiger partial charge in [-0.15, -0.1) is 0 Å². The Bertz CT molecular complexity index is 496. The lowest BCUT2D eigenvalue weighted by Gasteiger charge is -2.36. The molecule has 0 aromatic rings. The molecule has 2 amide bonds. The first-order valence-corrected chi connectivity index (χ1v) is 13.6. The van der Waals surface area contributed by atoms with Crippen LogP contribution in [-0.4, -0.2) is 30.2 Å². The van der Waals surface area contributed by atoms with Crippen LogP contribution in [0.5, 0.6) is 0 Å². The molecule has 0 radical (unpaired) electrons. The van der Waals surface area contributed by atoms with Gasteiger partial charge in [0.25, 0.3) is 0 Å². The van der Waals surface area contributed by atoms with Crippen LogP contribution in [0, 0.1) is 11.8 Å². The summed E-state index contributed by atoms with van der Waals surface area (Å²) in [5.41, 5.74) is 0. The van der Waals surface area contributed by atoms with E-state index in [1.54, 1.807) is 0 Å². The molecule has 0 unspecified atom stereocenters. The zero-order valence-electron chi connectivity index (χ0n) is 19.3. The Hall–Kier alpha value is -0.770. The topological polar surface area (TPSA) is 53.2 Å². The highest BCUT2D eigenvalue weighted by Gasteiger charge is 2.28. The molecule has 30 heavy (non-hydrogen) atoms. The zero-order valence-corrected chi connectivity index (χ0v) is 19.3. The van der Waals surface area contributed by atoms with Gasteiger partial charge in [0.15, 0.2) is 0 Å². The molecule has 4 nitrogen and oxygen atoms in total. The molecule has 0 atom stereocenters. The Balaban J connectivity index is 1.07. The second kappa shape index (κ2) is 11.7. The first-order valence-electron chi connectivity index (χ1n) is 13.6. The van der Waals surface area contributed by atoms with Crippen LogP contribution < -0.4 is 16.0 Å². The van der Waals surface area contributed by atoms with Crippen LogP contribution in [-0.2, 0) is 0 Å². The summed E-state index contributed by atoms with van der Waals surface area (Å²) in [5, 5.41) is 10.5. The first-order chi connectivity index (χ1) is 14.7. The summed E-state index contributed by atoms with van der Waals surface area (Å²) in [7, 11) is 0. The maximum absolute atomic E-state index is 12.3. The highest BCUT2D eigenvalue weighted by molar-refractivity contribution is 5.74. The first kappa shape index (κ1) is 22.4. The predicted molar refractivity (Wildman–Crippen MR) is 125 cm³/mol. The van der Waals surface area contributed by atoms with Crippen LogP contribution in [0.3, 0.4) is 0 Å². The minimum Gasteiger partial charge on any atom is -0.335 e. The van der Waals surface area contributed by atoms with E-state index in [0.717, 1.165) is 23.9 Å². The summed E-state index contributed by atoms with van der Waals surface area (Å²) in [4.78, 5) is 12.3. The zero-order chi connectivity index (χ0) is 20.6. The van der Waals surface area contributed by atoms with E-state index in [1.807, 2.05) is 0 Å². The van der Waals surface area contributed by atoms with E-state index in [-0.39, 0.29) is 6.03 Å². The molecule has 0 spiro atoms. The van der Waals surface area contributed by atoms with E-state index in [1.165, 1.54) is 122 Å². The highest BCUT2D eigenvalue weighted by Crippen LogP contribution is 2.36. The molecule has 3 N–H and O–H groups in total. The van der Waals surface area contributed by atoms with Crippen LogP contribution in [0.2, 0.25) is 0 Å². The molecule has 172 valence electrons. The van der Waals surface area contributed by atoms with Gasteiger partial charge in [-0.05, 0) is 95.3 Å².